The predicted octanol–water partition coefficient (Wildman–Crippen LogP) is 4.90. The summed E-state index contributed by atoms with van der Waals surface area (Å²) < 4.78 is 0. The van der Waals surface area contributed by atoms with Crippen molar-refractivity contribution in [1.29, 1.82) is 0 Å². The highest BCUT2D eigenvalue weighted by molar-refractivity contribution is 5.81. The topological polar surface area (TPSA) is 41.1 Å². The van der Waals surface area contributed by atoms with Crippen molar-refractivity contribution in [2.45, 2.75) is 105 Å². The first-order chi connectivity index (χ1) is 10.5. The molecule has 0 aliphatic rings. The van der Waals surface area contributed by atoms with Crippen LogP contribution in [0.4, 0.5) is 0 Å². The van der Waals surface area contributed by atoms with E-state index in [9.17, 15) is 4.79 Å². The second kappa shape index (κ2) is 10.3. The molecule has 0 heterocycles. The molecule has 0 bridgehead atoms. The molecule has 0 aromatic carbocycles. The van der Waals surface area contributed by atoms with Crippen molar-refractivity contribution in [3.63, 3.8) is 0 Å². The number of carbonyl (C=O) groups is 1. The number of amides is 1. The summed E-state index contributed by atoms with van der Waals surface area (Å²) in [6.07, 6.45) is 6.64. The fourth-order valence-corrected chi connectivity index (χ4v) is 3.06. The van der Waals surface area contributed by atoms with Gasteiger partial charge >= 0.3 is 0 Å². The number of rotatable bonds is 12. The number of nitrogens with one attached hydrogen (secondary N) is 2. The van der Waals surface area contributed by atoms with Gasteiger partial charge in [-0.25, -0.2) is 0 Å². The lowest BCUT2D eigenvalue weighted by atomic mass is 9.83. The minimum atomic E-state index is -0.272. The van der Waals surface area contributed by atoms with Crippen LogP contribution in [0.3, 0.4) is 0 Å². The first kappa shape index (κ1) is 22.4. The Kier molecular flexibility index (Phi) is 10.1. The molecule has 0 rings (SSSR count). The van der Waals surface area contributed by atoms with Gasteiger partial charge in [-0.1, -0.05) is 60.8 Å². The Morgan fingerprint density at radius 2 is 1.52 bits per heavy atom. The lowest BCUT2D eigenvalue weighted by molar-refractivity contribution is -0.129. The van der Waals surface area contributed by atoms with Crippen LogP contribution in [0.25, 0.3) is 0 Å². The Labute approximate surface area is 145 Å². The molecule has 23 heavy (non-hydrogen) atoms. The Bertz CT molecular complexity index is 333. The molecular weight excluding hydrogens is 284 g/mol. The minimum Gasteiger partial charge on any atom is -0.356 e. The molecule has 138 valence electrons. The molecule has 2 N–H and O–H groups in total. The first-order valence-electron chi connectivity index (χ1n) is 9.52. The average molecular weight is 327 g/mol. The van der Waals surface area contributed by atoms with Crippen molar-refractivity contribution in [1.82, 2.24) is 10.6 Å². The van der Waals surface area contributed by atoms with Crippen molar-refractivity contribution in [3.8, 4) is 0 Å². The third-order valence-corrected chi connectivity index (χ3v) is 4.39. The van der Waals surface area contributed by atoms with Crippen LogP contribution in [0.2, 0.25) is 0 Å². The van der Waals surface area contributed by atoms with Gasteiger partial charge in [0.1, 0.15) is 0 Å². The van der Waals surface area contributed by atoms with E-state index in [4.69, 9.17) is 0 Å². The van der Waals surface area contributed by atoms with Gasteiger partial charge in [-0.05, 0) is 39.0 Å². The third-order valence-electron chi connectivity index (χ3n) is 4.39. The van der Waals surface area contributed by atoms with Crippen molar-refractivity contribution in [2.75, 3.05) is 6.54 Å². The molecule has 0 saturated carbocycles. The third kappa shape index (κ3) is 11.6. The zero-order chi connectivity index (χ0) is 18.1. The van der Waals surface area contributed by atoms with E-state index >= 15 is 0 Å². The van der Waals surface area contributed by atoms with Gasteiger partial charge in [0.05, 0.1) is 0 Å². The predicted molar refractivity (Wildman–Crippen MR) is 102 cm³/mol. The van der Waals surface area contributed by atoms with Crippen LogP contribution in [-0.2, 0) is 4.79 Å². The van der Waals surface area contributed by atoms with E-state index in [1.807, 2.05) is 0 Å². The molecule has 0 aromatic rings. The second-order valence-electron chi connectivity index (χ2n) is 9.07. The average Bonchev–Trinajstić information content (AvgIpc) is 2.35. The summed E-state index contributed by atoms with van der Waals surface area (Å²) in [5.41, 5.74) is -0.135. The van der Waals surface area contributed by atoms with Gasteiger partial charge in [0.25, 0.3) is 0 Å². The zero-order valence-corrected chi connectivity index (χ0v) is 17.0. The van der Waals surface area contributed by atoms with E-state index < -0.39 is 0 Å². The molecule has 1 amide bonds. The largest absolute Gasteiger partial charge is 0.356 e. The van der Waals surface area contributed by atoms with Gasteiger partial charge < -0.3 is 10.6 Å². The molecule has 0 atom stereocenters. The number of hydrogen-bond donors (Lipinski definition) is 2. The molecule has 3 heteroatoms. The maximum Gasteiger partial charge on any atom is 0.225 e. The van der Waals surface area contributed by atoms with Crippen LogP contribution in [0.1, 0.15) is 93.9 Å². The van der Waals surface area contributed by atoms with E-state index in [0.717, 1.165) is 38.1 Å². The molecule has 0 unspecified atom stereocenters. The highest BCUT2D eigenvalue weighted by Gasteiger charge is 2.28. The van der Waals surface area contributed by atoms with Gasteiger partial charge in [0, 0.05) is 23.5 Å². The SMILES string of the molecule is CC(C)CCCCNC(=O)C(C)(C)CCCC(C)(C)NC(C)C. The van der Waals surface area contributed by atoms with Gasteiger partial charge in [-0.3, -0.25) is 4.79 Å². The van der Waals surface area contributed by atoms with E-state index in [0.29, 0.717) is 6.04 Å². The van der Waals surface area contributed by atoms with Crippen molar-refractivity contribution in [2.24, 2.45) is 11.3 Å². The maximum atomic E-state index is 12.4. The number of unbranched alkanes of at least 4 members (excludes halogenated alkanes) is 1. The fourth-order valence-electron chi connectivity index (χ4n) is 3.06. The Balaban J connectivity index is 4.04. The molecule has 0 fully saturated rings. The van der Waals surface area contributed by atoms with Crippen LogP contribution in [0.5, 0.6) is 0 Å². The Hall–Kier alpha value is -0.570. The summed E-state index contributed by atoms with van der Waals surface area (Å²) in [6, 6.07) is 0.493. The van der Waals surface area contributed by atoms with Gasteiger partial charge in [-0.15, -0.1) is 0 Å². The van der Waals surface area contributed by atoms with Gasteiger partial charge in [0.15, 0.2) is 0 Å². The standard InChI is InChI=1S/C20H42N2O/c1-16(2)12-9-10-15-21-18(23)19(5,6)13-11-14-20(7,8)22-17(3)4/h16-17,22H,9-15H2,1-8H3,(H,21,23). The van der Waals surface area contributed by atoms with Crippen molar-refractivity contribution in [3.05, 3.63) is 0 Å². The molecule has 0 aliphatic carbocycles. The number of carbonyl (C=O) groups excluding carboxylic acids is 1. The van der Waals surface area contributed by atoms with Crippen molar-refractivity contribution < 1.29 is 4.79 Å². The molecule has 0 aliphatic heterocycles. The second-order valence-corrected chi connectivity index (χ2v) is 9.07. The molecule has 0 saturated heterocycles. The van der Waals surface area contributed by atoms with Crippen LogP contribution < -0.4 is 10.6 Å². The van der Waals surface area contributed by atoms with Crippen LogP contribution >= 0.6 is 0 Å². The maximum absolute atomic E-state index is 12.4. The van der Waals surface area contributed by atoms with E-state index in [1.165, 1.54) is 12.8 Å². The normalized spacial score (nSPS) is 13.0. The molecule has 0 radical (unpaired) electrons. The molecular formula is C20H42N2O. The van der Waals surface area contributed by atoms with Crippen LogP contribution in [0.15, 0.2) is 0 Å². The van der Waals surface area contributed by atoms with E-state index in [1.54, 1.807) is 0 Å². The Morgan fingerprint density at radius 1 is 0.913 bits per heavy atom. The minimum absolute atomic E-state index is 0.136. The number of hydrogen-bond acceptors (Lipinski definition) is 2. The lowest BCUT2D eigenvalue weighted by Gasteiger charge is -2.31. The summed E-state index contributed by atoms with van der Waals surface area (Å²) in [5, 5.41) is 6.71. The molecule has 3 nitrogen and oxygen atoms in total. The highest BCUT2D eigenvalue weighted by atomic mass is 16.2. The molecule has 0 spiro atoms. The summed E-state index contributed by atoms with van der Waals surface area (Å²) in [5.74, 6) is 0.960. The van der Waals surface area contributed by atoms with Crippen LogP contribution in [-0.4, -0.2) is 24.0 Å². The van der Waals surface area contributed by atoms with E-state index in [2.05, 4.69) is 66.0 Å². The van der Waals surface area contributed by atoms with Crippen LogP contribution in [0, 0.1) is 11.3 Å². The monoisotopic (exact) mass is 326 g/mol. The summed E-state index contributed by atoms with van der Waals surface area (Å²) in [6.45, 7) is 18.3. The summed E-state index contributed by atoms with van der Waals surface area (Å²) >= 11 is 0. The smallest absolute Gasteiger partial charge is 0.225 e. The van der Waals surface area contributed by atoms with Crippen molar-refractivity contribution >= 4 is 5.91 Å². The quantitative estimate of drug-likeness (QED) is 0.501. The summed E-state index contributed by atoms with van der Waals surface area (Å²) in [7, 11) is 0. The summed E-state index contributed by atoms with van der Waals surface area (Å²) in [4.78, 5) is 12.4. The molecule has 0 aromatic heterocycles. The Morgan fingerprint density at radius 3 is 2.04 bits per heavy atom. The van der Waals surface area contributed by atoms with E-state index in [-0.39, 0.29) is 16.9 Å². The van der Waals surface area contributed by atoms with Gasteiger partial charge in [0.2, 0.25) is 5.91 Å². The van der Waals surface area contributed by atoms with Gasteiger partial charge in [-0.2, -0.15) is 0 Å². The highest BCUT2D eigenvalue weighted by Crippen LogP contribution is 2.26. The zero-order valence-electron chi connectivity index (χ0n) is 17.0. The first-order valence-corrected chi connectivity index (χ1v) is 9.52. The lowest BCUT2D eigenvalue weighted by Crippen LogP contribution is -2.44. The fraction of sp³-hybridized carbons (Fsp3) is 0.950.